The first-order chi connectivity index (χ1) is 19.4. The molecule has 2 aliphatic rings. The Morgan fingerprint density at radius 1 is 0.950 bits per heavy atom. The molecule has 3 aromatic carbocycles. The van der Waals surface area contributed by atoms with E-state index in [9.17, 15) is 14.4 Å². The van der Waals surface area contributed by atoms with Crippen LogP contribution in [0.5, 0.6) is 5.75 Å². The van der Waals surface area contributed by atoms with Crippen LogP contribution in [-0.2, 0) is 20.9 Å². The lowest BCUT2D eigenvalue weighted by Gasteiger charge is -2.24. The first-order valence-electron chi connectivity index (χ1n) is 12.7. The third kappa shape index (κ3) is 4.06. The average molecular weight is 552 g/mol. The van der Waals surface area contributed by atoms with Crippen molar-refractivity contribution in [3.05, 3.63) is 127 Å². The minimum Gasteiger partial charge on any atom is -0.497 e. The Balaban J connectivity index is 1.58. The maximum Gasteiger partial charge on any atom is 0.338 e. The van der Waals surface area contributed by atoms with Gasteiger partial charge in [-0.15, -0.1) is 0 Å². The monoisotopic (exact) mass is 551 g/mol. The lowest BCUT2D eigenvalue weighted by molar-refractivity contribution is -0.136. The number of para-hydroxylation sites is 1. The fourth-order valence-corrected chi connectivity index (χ4v) is 6.40. The van der Waals surface area contributed by atoms with Crippen LogP contribution in [0.4, 0.5) is 5.69 Å². The molecule has 4 aromatic rings. The van der Waals surface area contributed by atoms with Crippen molar-refractivity contribution < 1.29 is 19.1 Å². The second-order valence-corrected chi connectivity index (χ2v) is 10.4. The number of nitrogens with zero attached hydrogens (tertiary/aromatic N) is 3. The molecule has 1 amide bonds. The van der Waals surface area contributed by atoms with Crippen LogP contribution in [0.2, 0.25) is 0 Å². The molecule has 0 N–H and O–H groups in total. The van der Waals surface area contributed by atoms with E-state index in [0.29, 0.717) is 39.5 Å². The van der Waals surface area contributed by atoms with Gasteiger partial charge >= 0.3 is 5.97 Å². The predicted molar refractivity (Wildman–Crippen MR) is 152 cm³/mol. The summed E-state index contributed by atoms with van der Waals surface area (Å²) in [6.07, 6.45) is 0. The first-order valence-corrected chi connectivity index (χ1v) is 13.5. The minimum atomic E-state index is -0.781. The van der Waals surface area contributed by atoms with Gasteiger partial charge in [-0.3, -0.25) is 14.2 Å². The van der Waals surface area contributed by atoms with E-state index in [1.165, 1.54) is 11.7 Å². The topological polar surface area (TPSA) is 90.2 Å². The van der Waals surface area contributed by atoms with Crippen LogP contribution in [0.3, 0.4) is 0 Å². The molecule has 1 unspecified atom stereocenters. The molecule has 1 aromatic heterocycles. The number of ether oxygens (including phenoxy) is 2. The Morgan fingerprint density at radius 2 is 1.65 bits per heavy atom. The number of carbonyl (C=O) groups excluding carboxylic acids is 2. The number of allylic oxidation sites excluding steroid dienone is 1. The van der Waals surface area contributed by atoms with Crippen molar-refractivity contribution >= 4 is 34.5 Å². The molecule has 40 heavy (non-hydrogen) atoms. The molecule has 0 fully saturated rings. The van der Waals surface area contributed by atoms with Crippen LogP contribution in [0.1, 0.15) is 29.7 Å². The lowest BCUT2D eigenvalue weighted by Crippen LogP contribution is -2.40. The molecule has 9 heteroatoms. The van der Waals surface area contributed by atoms with E-state index in [0.717, 1.165) is 22.6 Å². The number of aromatic nitrogens is 1. The Bertz CT molecular complexity index is 1870. The van der Waals surface area contributed by atoms with Crippen LogP contribution < -0.4 is 24.5 Å². The lowest BCUT2D eigenvalue weighted by atomic mass is 9.96. The van der Waals surface area contributed by atoms with Gasteiger partial charge in [0.2, 0.25) is 0 Å². The number of amides is 1. The maximum absolute atomic E-state index is 14.2. The van der Waals surface area contributed by atoms with Gasteiger partial charge in [0.1, 0.15) is 10.3 Å². The van der Waals surface area contributed by atoms with Crippen LogP contribution >= 0.6 is 11.3 Å². The Morgan fingerprint density at radius 3 is 2.35 bits per heavy atom. The molecule has 0 spiro atoms. The van der Waals surface area contributed by atoms with E-state index in [2.05, 4.69) is 4.99 Å². The smallest absolute Gasteiger partial charge is 0.338 e. The number of methoxy groups -OCH3 is 2. The third-order valence-electron chi connectivity index (χ3n) is 7.17. The maximum atomic E-state index is 14.2. The molecular weight excluding hydrogens is 526 g/mol. The van der Waals surface area contributed by atoms with Crippen LogP contribution in [0, 0.1) is 0 Å². The second kappa shape index (κ2) is 10.1. The Labute approximate surface area is 233 Å². The number of thiazole rings is 1. The Hall–Kier alpha value is -4.76. The van der Waals surface area contributed by atoms with E-state index in [1.54, 1.807) is 31.1 Å². The van der Waals surface area contributed by atoms with Crippen LogP contribution in [0.15, 0.2) is 99.9 Å². The summed E-state index contributed by atoms with van der Waals surface area (Å²) in [7, 11) is 2.87. The van der Waals surface area contributed by atoms with Crippen molar-refractivity contribution in [3.63, 3.8) is 0 Å². The summed E-state index contributed by atoms with van der Waals surface area (Å²) >= 11 is 1.15. The molecule has 1 atom stereocenters. The van der Waals surface area contributed by atoms with Crippen LogP contribution in [0.25, 0.3) is 5.57 Å². The number of rotatable bonds is 5. The second-order valence-electron chi connectivity index (χ2n) is 9.44. The predicted octanol–water partition coefficient (Wildman–Crippen LogP) is 3.33. The first kappa shape index (κ1) is 25.5. The number of hydrogen-bond donors (Lipinski definition) is 0. The highest BCUT2D eigenvalue weighted by molar-refractivity contribution is 7.07. The summed E-state index contributed by atoms with van der Waals surface area (Å²) in [5.41, 5.74) is 3.77. The fraction of sp³-hybridized carbons (Fsp3) is 0.161. The summed E-state index contributed by atoms with van der Waals surface area (Å²) in [6.45, 7) is 2.10. The number of anilines is 1. The number of fused-ring (bicyclic) bond motifs is 2. The standard InChI is InChI=1S/C31H25N3O5S/c1-18-24(30(37)39-3)26(20-13-15-21(38-2)16-14-20)34-29(36)27(40-31(34)32-18)25-22-11-7-8-12-23(22)33(28(25)35)17-19-9-5-4-6-10-19/h4-16,26H,17H2,1-3H3/b27-25-. The summed E-state index contributed by atoms with van der Waals surface area (Å²) in [4.78, 5) is 47.9. The molecule has 0 radical (unpaired) electrons. The minimum absolute atomic E-state index is 0.250. The zero-order valence-corrected chi connectivity index (χ0v) is 22.9. The van der Waals surface area contributed by atoms with Gasteiger partial charge in [0.05, 0.1) is 49.3 Å². The molecule has 2 aliphatic heterocycles. The molecule has 6 rings (SSSR count). The van der Waals surface area contributed by atoms with Crippen molar-refractivity contribution in [2.75, 3.05) is 19.1 Å². The summed E-state index contributed by atoms with van der Waals surface area (Å²) < 4.78 is 12.2. The fourth-order valence-electron chi connectivity index (χ4n) is 5.27. The van der Waals surface area contributed by atoms with Crippen molar-refractivity contribution in [2.24, 2.45) is 4.99 Å². The summed E-state index contributed by atoms with van der Waals surface area (Å²) in [5, 5.41) is 0. The van der Waals surface area contributed by atoms with Gasteiger partial charge < -0.3 is 14.4 Å². The highest BCUT2D eigenvalue weighted by Crippen LogP contribution is 2.36. The number of carbonyl (C=O) groups is 2. The molecule has 0 saturated heterocycles. The van der Waals surface area contributed by atoms with E-state index >= 15 is 0 Å². The van der Waals surface area contributed by atoms with E-state index < -0.39 is 17.6 Å². The van der Waals surface area contributed by atoms with Gasteiger partial charge in [0.25, 0.3) is 11.5 Å². The van der Waals surface area contributed by atoms with Crippen molar-refractivity contribution in [3.8, 4) is 5.75 Å². The van der Waals surface area contributed by atoms with Gasteiger partial charge in [-0.25, -0.2) is 9.79 Å². The summed E-state index contributed by atoms with van der Waals surface area (Å²) in [5.74, 6) is -0.179. The average Bonchev–Trinajstić information content (AvgIpc) is 3.44. The van der Waals surface area contributed by atoms with E-state index in [1.807, 2.05) is 66.7 Å². The van der Waals surface area contributed by atoms with Crippen LogP contribution in [-0.4, -0.2) is 30.7 Å². The Kier molecular flexibility index (Phi) is 6.43. The number of benzene rings is 3. The van der Waals surface area contributed by atoms with E-state index in [-0.39, 0.29) is 16.0 Å². The largest absolute Gasteiger partial charge is 0.497 e. The van der Waals surface area contributed by atoms with Gasteiger partial charge in [0.15, 0.2) is 4.80 Å². The van der Waals surface area contributed by atoms with Gasteiger partial charge in [-0.2, -0.15) is 0 Å². The highest BCUT2D eigenvalue weighted by atomic mass is 32.1. The zero-order chi connectivity index (χ0) is 28.0. The van der Waals surface area contributed by atoms with Gasteiger partial charge in [-0.1, -0.05) is 72.0 Å². The SMILES string of the molecule is COC(=O)C1=C(C)N=c2s/c(=C3\C(=O)N(Cc4ccccc4)c4ccccc43)c(=O)n2C1c1ccc(OC)cc1. The quantitative estimate of drug-likeness (QED) is 0.355. The number of esters is 1. The van der Waals surface area contributed by atoms with E-state index in [4.69, 9.17) is 9.47 Å². The third-order valence-corrected chi connectivity index (χ3v) is 8.22. The van der Waals surface area contributed by atoms with Crippen molar-refractivity contribution in [2.45, 2.75) is 19.5 Å². The molecule has 0 aliphatic carbocycles. The highest BCUT2D eigenvalue weighted by Gasteiger charge is 2.37. The molecular formula is C31H25N3O5S. The van der Waals surface area contributed by atoms with Gasteiger partial charge in [-0.05, 0) is 36.2 Å². The van der Waals surface area contributed by atoms with Crippen molar-refractivity contribution in [1.29, 1.82) is 0 Å². The number of hydrogen-bond acceptors (Lipinski definition) is 7. The molecule has 200 valence electrons. The van der Waals surface area contributed by atoms with Gasteiger partial charge in [0, 0.05) is 5.56 Å². The zero-order valence-electron chi connectivity index (χ0n) is 22.1. The molecule has 3 heterocycles. The van der Waals surface area contributed by atoms with Crippen molar-refractivity contribution in [1.82, 2.24) is 4.57 Å². The molecule has 0 bridgehead atoms. The molecule has 0 saturated carbocycles. The normalized spacial score (nSPS) is 17.3. The molecule has 8 nitrogen and oxygen atoms in total. The summed E-state index contributed by atoms with van der Waals surface area (Å²) in [6, 6.07) is 23.6.